The Kier molecular flexibility index (Phi) is 7.76. The van der Waals surface area contributed by atoms with Crippen LogP contribution in [-0.4, -0.2) is 17.7 Å². The Bertz CT molecular complexity index is 1380. The summed E-state index contributed by atoms with van der Waals surface area (Å²) >= 11 is 7.34. The maximum atomic E-state index is 12.5. The van der Waals surface area contributed by atoms with E-state index in [0.29, 0.717) is 44.5 Å². The number of benzene rings is 3. The van der Waals surface area contributed by atoms with Crippen molar-refractivity contribution in [1.82, 2.24) is 5.32 Å². The van der Waals surface area contributed by atoms with Gasteiger partial charge in [0, 0.05) is 10.6 Å². The van der Waals surface area contributed by atoms with E-state index in [1.54, 1.807) is 30.3 Å². The van der Waals surface area contributed by atoms with Crippen molar-refractivity contribution in [1.29, 1.82) is 5.26 Å². The number of hydrogen-bond acceptors (Lipinski definition) is 6. The molecule has 176 valence electrons. The van der Waals surface area contributed by atoms with Crippen LogP contribution in [0, 0.1) is 18.3 Å². The molecule has 0 radical (unpaired) electrons. The van der Waals surface area contributed by atoms with Gasteiger partial charge >= 0.3 is 0 Å². The third kappa shape index (κ3) is 6.04. The number of nitriles is 1. The summed E-state index contributed by atoms with van der Waals surface area (Å²) < 4.78 is 11.7. The normalized spacial score (nSPS) is 15.2. The number of nitrogens with one attached hydrogen (secondary N) is 1. The zero-order valence-electron chi connectivity index (χ0n) is 19.2. The van der Waals surface area contributed by atoms with Gasteiger partial charge in [0.1, 0.15) is 6.61 Å². The molecule has 1 N–H and O–H groups in total. The lowest BCUT2D eigenvalue weighted by Gasteiger charge is -2.13. The molecule has 0 aliphatic carbocycles. The lowest BCUT2D eigenvalue weighted by molar-refractivity contribution is -0.115. The molecule has 0 spiro atoms. The number of amides is 1. The molecule has 0 bridgehead atoms. The summed E-state index contributed by atoms with van der Waals surface area (Å²) in [4.78, 5) is 17.6. The molecule has 0 saturated carbocycles. The van der Waals surface area contributed by atoms with Crippen molar-refractivity contribution < 1.29 is 14.3 Å². The van der Waals surface area contributed by atoms with Crippen LogP contribution in [0.5, 0.6) is 11.5 Å². The number of thioether (sulfide) groups is 1. The fraction of sp³-hybridized carbons (Fsp3) is 0.148. The first-order valence-electron chi connectivity index (χ1n) is 10.9. The number of rotatable bonds is 7. The maximum Gasteiger partial charge on any atom is 0.264 e. The molecule has 1 amide bonds. The number of aryl methyl sites for hydroxylation is 1. The van der Waals surface area contributed by atoms with Crippen molar-refractivity contribution in [2.24, 2.45) is 4.99 Å². The number of amidine groups is 1. The van der Waals surface area contributed by atoms with Crippen LogP contribution in [0.4, 0.5) is 5.69 Å². The van der Waals surface area contributed by atoms with Gasteiger partial charge in [-0.25, -0.2) is 4.99 Å². The molecule has 1 saturated heterocycles. The maximum absolute atomic E-state index is 12.5. The minimum Gasteiger partial charge on any atom is -0.490 e. The first-order valence-corrected chi connectivity index (χ1v) is 12.1. The fourth-order valence-electron chi connectivity index (χ4n) is 3.36. The van der Waals surface area contributed by atoms with Crippen LogP contribution in [0.2, 0.25) is 5.02 Å². The van der Waals surface area contributed by atoms with E-state index in [1.807, 2.05) is 50.2 Å². The van der Waals surface area contributed by atoms with Crippen molar-refractivity contribution in [3.05, 3.63) is 92.8 Å². The van der Waals surface area contributed by atoms with Crippen molar-refractivity contribution in [2.45, 2.75) is 20.5 Å². The third-order valence-corrected chi connectivity index (χ3v) is 6.28. The SMILES string of the molecule is CCOc1cc(/C=C2\SC(=Nc3cc(Cl)ccc3C)NC2=O)ccc1OCc1ccccc1C#N. The standard InChI is InChI=1S/C27H22ClN3O3S/c1-3-33-24-12-18(9-11-23(24)34-16-20-7-5-4-6-19(20)15-29)13-25-26(32)31-27(35-25)30-22-14-21(28)10-8-17(22)2/h4-14H,3,16H2,1-2H3,(H,30,31,32)/b25-13-. The Morgan fingerprint density at radius 1 is 1.11 bits per heavy atom. The van der Waals surface area contributed by atoms with Gasteiger partial charge in [0.15, 0.2) is 16.7 Å². The number of nitrogens with zero attached hydrogens (tertiary/aromatic N) is 2. The summed E-state index contributed by atoms with van der Waals surface area (Å²) in [5.41, 5.74) is 3.82. The van der Waals surface area contributed by atoms with Crippen LogP contribution in [0.15, 0.2) is 70.6 Å². The van der Waals surface area contributed by atoms with Crippen LogP contribution < -0.4 is 14.8 Å². The second-order valence-corrected chi connectivity index (χ2v) is 9.08. The quantitative estimate of drug-likeness (QED) is 0.378. The van der Waals surface area contributed by atoms with E-state index in [4.69, 9.17) is 21.1 Å². The first-order chi connectivity index (χ1) is 17.0. The van der Waals surface area contributed by atoms with Crippen molar-refractivity contribution in [3.8, 4) is 17.6 Å². The summed E-state index contributed by atoms with van der Waals surface area (Å²) in [7, 11) is 0. The van der Waals surface area contributed by atoms with Crippen LogP contribution in [0.3, 0.4) is 0 Å². The van der Waals surface area contributed by atoms with E-state index in [-0.39, 0.29) is 12.5 Å². The summed E-state index contributed by atoms with van der Waals surface area (Å²) in [6.07, 6.45) is 1.78. The van der Waals surface area contributed by atoms with Crippen LogP contribution in [0.1, 0.15) is 29.2 Å². The molecular weight excluding hydrogens is 482 g/mol. The lowest BCUT2D eigenvalue weighted by atomic mass is 10.1. The largest absolute Gasteiger partial charge is 0.490 e. The molecule has 0 atom stereocenters. The Morgan fingerprint density at radius 3 is 2.74 bits per heavy atom. The number of hydrogen-bond donors (Lipinski definition) is 1. The number of carbonyl (C=O) groups excluding carboxylic acids is 1. The van der Waals surface area contributed by atoms with Gasteiger partial charge in [-0.05, 0) is 73.1 Å². The molecule has 3 aromatic carbocycles. The topological polar surface area (TPSA) is 83.7 Å². The lowest BCUT2D eigenvalue weighted by Crippen LogP contribution is -2.19. The highest BCUT2D eigenvalue weighted by molar-refractivity contribution is 8.18. The van der Waals surface area contributed by atoms with E-state index >= 15 is 0 Å². The van der Waals surface area contributed by atoms with Gasteiger partial charge in [-0.3, -0.25) is 4.79 Å². The molecule has 4 rings (SSSR count). The second-order valence-electron chi connectivity index (χ2n) is 7.61. The van der Waals surface area contributed by atoms with E-state index in [1.165, 1.54) is 11.8 Å². The van der Waals surface area contributed by atoms with Gasteiger partial charge in [-0.1, -0.05) is 41.9 Å². The third-order valence-electron chi connectivity index (χ3n) is 5.13. The van der Waals surface area contributed by atoms with Gasteiger partial charge in [0.2, 0.25) is 0 Å². The Labute approximate surface area is 213 Å². The zero-order valence-corrected chi connectivity index (χ0v) is 20.7. The first kappa shape index (κ1) is 24.4. The molecular formula is C27H22ClN3O3S. The number of ether oxygens (including phenoxy) is 2. The van der Waals surface area contributed by atoms with Crippen LogP contribution >= 0.6 is 23.4 Å². The summed E-state index contributed by atoms with van der Waals surface area (Å²) in [5, 5.41) is 13.2. The minimum atomic E-state index is -0.222. The van der Waals surface area contributed by atoms with Gasteiger partial charge in [-0.15, -0.1) is 0 Å². The average molecular weight is 504 g/mol. The number of aliphatic imine (C=N–C) groups is 1. The highest BCUT2D eigenvalue weighted by Crippen LogP contribution is 2.33. The summed E-state index contributed by atoms with van der Waals surface area (Å²) in [6, 6.07) is 20.4. The zero-order chi connectivity index (χ0) is 24.8. The smallest absolute Gasteiger partial charge is 0.264 e. The molecule has 0 aromatic heterocycles. The highest BCUT2D eigenvalue weighted by Gasteiger charge is 2.24. The Morgan fingerprint density at radius 2 is 1.94 bits per heavy atom. The summed E-state index contributed by atoms with van der Waals surface area (Å²) in [6.45, 7) is 4.52. The van der Waals surface area contributed by atoms with Crippen molar-refractivity contribution in [2.75, 3.05) is 6.61 Å². The Hall–Kier alpha value is -3.73. The van der Waals surface area contributed by atoms with Gasteiger partial charge in [0.05, 0.1) is 28.8 Å². The molecule has 3 aromatic rings. The summed E-state index contributed by atoms with van der Waals surface area (Å²) in [5.74, 6) is 0.895. The van der Waals surface area contributed by atoms with E-state index in [2.05, 4.69) is 16.4 Å². The minimum absolute atomic E-state index is 0.222. The van der Waals surface area contributed by atoms with Crippen molar-refractivity contribution in [3.63, 3.8) is 0 Å². The fourth-order valence-corrected chi connectivity index (χ4v) is 4.36. The average Bonchev–Trinajstić information content (AvgIpc) is 3.19. The predicted octanol–water partition coefficient (Wildman–Crippen LogP) is 6.39. The van der Waals surface area contributed by atoms with Crippen LogP contribution in [-0.2, 0) is 11.4 Å². The predicted molar refractivity (Wildman–Crippen MR) is 140 cm³/mol. The molecule has 1 aliphatic rings. The molecule has 1 aliphatic heterocycles. The number of halogens is 1. The Balaban J connectivity index is 1.54. The van der Waals surface area contributed by atoms with E-state index in [0.717, 1.165) is 16.7 Å². The number of carbonyl (C=O) groups is 1. The molecule has 8 heteroatoms. The van der Waals surface area contributed by atoms with Gasteiger partial charge in [-0.2, -0.15) is 5.26 Å². The molecule has 0 unspecified atom stereocenters. The highest BCUT2D eigenvalue weighted by atomic mass is 35.5. The molecule has 1 heterocycles. The van der Waals surface area contributed by atoms with Gasteiger partial charge in [0.25, 0.3) is 5.91 Å². The molecule has 1 fully saturated rings. The van der Waals surface area contributed by atoms with E-state index < -0.39 is 0 Å². The molecule has 6 nitrogen and oxygen atoms in total. The molecule has 35 heavy (non-hydrogen) atoms. The van der Waals surface area contributed by atoms with Gasteiger partial charge < -0.3 is 14.8 Å². The second kappa shape index (κ2) is 11.1. The van der Waals surface area contributed by atoms with Crippen molar-refractivity contribution >= 4 is 46.2 Å². The monoisotopic (exact) mass is 503 g/mol. The van der Waals surface area contributed by atoms with E-state index in [9.17, 15) is 10.1 Å². The van der Waals surface area contributed by atoms with Crippen LogP contribution in [0.25, 0.3) is 6.08 Å².